The zero-order valence-electron chi connectivity index (χ0n) is 7.86. The van der Waals surface area contributed by atoms with Crippen molar-refractivity contribution in [2.75, 3.05) is 0 Å². The Balaban J connectivity index is 2.95. The molecule has 0 saturated carbocycles. The summed E-state index contributed by atoms with van der Waals surface area (Å²) in [7, 11) is 1.67. The molecule has 0 bridgehead atoms. The van der Waals surface area contributed by atoms with Crippen LogP contribution in [0.3, 0.4) is 0 Å². The summed E-state index contributed by atoms with van der Waals surface area (Å²) in [6.07, 6.45) is 0. The average molecular weight is 226 g/mol. The van der Waals surface area contributed by atoms with E-state index >= 15 is 0 Å². The van der Waals surface area contributed by atoms with Crippen LogP contribution in [-0.2, 0) is 7.05 Å². The van der Waals surface area contributed by atoms with Crippen LogP contribution < -0.4 is 0 Å². The highest BCUT2D eigenvalue weighted by molar-refractivity contribution is 6.35. The fourth-order valence-corrected chi connectivity index (χ4v) is 1.88. The molecule has 2 N–H and O–H groups in total. The highest BCUT2D eigenvalue weighted by atomic mass is 35.5. The van der Waals surface area contributed by atoms with Gasteiger partial charge in [-0.2, -0.15) is 0 Å². The average Bonchev–Trinajstić information content (AvgIpc) is 2.39. The summed E-state index contributed by atoms with van der Waals surface area (Å²) >= 11 is 5.88. The lowest BCUT2D eigenvalue weighted by atomic mass is 10.2. The summed E-state index contributed by atoms with van der Waals surface area (Å²) in [6.45, 7) is 0. The minimum atomic E-state index is -1.10. The molecule has 0 atom stereocenters. The summed E-state index contributed by atoms with van der Waals surface area (Å²) in [5.41, 5.74) is 0.695. The van der Waals surface area contributed by atoms with E-state index in [4.69, 9.17) is 16.7 Å². The minimum Gasteiger partial charge on any atom is -0.508 e. The maximum absolute atomic E-state index is 11.0. The third-order valence-electron chi connectivity index (χ3n) is 2.33. The van der Waals surface area contributed by atoms with Crippen LogP contribution in [0.2, 0.25) is 5.15 Å². The van der Waals surface area contributed by atoms with Crippen molar-refractivity contribution in [1.29, 1.82) is 0 Å². The molecule has 5 heteroatoms. The van der Waals surface area contributed by atoms with E-state index in [0.717, 1.165) is 0 Å². The second-order valence-corrected chi connectivity index (χ2v) is 3.59. The Kier molecular flexibility index (Phi) is 2.08. The standard InChI is InChI=1S/C10H8ClNO3/c1-12-7-3-2-5(13)4-6(7)8(9(12)11)10(14)15/h2-4,13H,1H3,(H,14,15). The number of phenols is 1. The monoisotopic (exact) mass is 225 g/mol. The Hall–Kier alpha value is -1.68. The van der Waals surface area contributed by atoms with Gasteiger partial charge in [0.2, 0.25) is 0 Å². The summed E-state index contributed by atoms with van der Waals surface area (Å²) < 4.78 is 1.57. The topological polar surface area (TPSA) is 62.5 Å². The molecule has 0 fully saturated rings. The number of aromatic hydroxyl groups is 1. The molecule has 1 heterocycles. The van der Waals surface area contributed by atoms with Gasteiger partial charge in [0.05, 0.1) is 5.52 Å². The molecular weight excluding hydrogens is 218 g/mol. The fourth-order valence-electron chi connectivity index (χ4n) is 1.60. The molecule has 0 aliphatic carbocycles. The van der Waals surface area contributed by atoms with Gasteiger partial charge in [-0.1, -0.05) is 11.6 Å². The van der Waals surface area contributed by atoms with Crippen LogP contribution >= 0.6 is 11.6 Å². The van der Waals surface area contributed by atoms with Gasteiger partial charge in [0, 0.05) is 12.4 Å². The Morgan fingerprint density at radius 2 is 2.13 bits per heavy atom. The van der Waals surface area contributed by atoms with Gasteiger partial charge in [-0.15, -0.1) is 0 Å². The lowest BCUT2D eigenvalue weighted by Crippen LogP contribution is -1.96. The first-order valence-corrected chi connectivity index (χ1v) is 4.60. The number of hydrogen-bond acceptors (Lipinski definition) is 2. The van der Waals surface area contributed by atoms with Crippen LogP contribution in [-0.4, -0.2) is 20.7 Å². The van der Waals surface area contributed by atoms with Crippen molar-refractivity contribution in [3.8, 4) is 5.75 Å². The molecule has 1 aromatic heterocycles. The van der Waals surface area contributed by atoms with Crippen LogP contribution in [0.4, 0.5) is 0 Å². The number of carboxylic acids is 1. The van der Waals surface area contributed by atoms with Gasteiger partial charge < -0.3 is 14.8 Å². The molecule has 1 aromatic carbocycles. The SMILES string of the molecule is Cn1c(Cl)c(C(=O)O)c2cc(O)ccc21. The van der Waals surface area contributed by atoms with Gasteiger partial charge in [-0.25, -0.2) is 4.79 Å². The van der Waals surface area contributed by atoms with Crippen molar-refractivity contribution < 1.29 is 15.0 Å². The number of rotatable bonds is 1. The third kappa shape index (κ3) is 1.34. The first kappa shape index (κ1) is 9.86. The molecule has 78 valence electrons. The van der Waals surface area contributed by atoms with E-state index in [-0.39, 0.29) is 16.5 Å². The molecule has 0 unspecified atom stereocenters. The summed E-state index contributed by atoms with van der Waals surface area (Å²) in [5.74, 6) is -1.08. The second-order valence-electron chi connectivity index (χ2n) is 3.23. The molecule has 0 aliphatic heterocycles. The number of aryl methyl sites for hydroxylation is 1. The van der Waals surface area contributed by atoms with Crippen molar-refractivity contribution in [1.82, 2.24) is 4.57 Å². The number of hydrogen-bond donors (Lipinski definition) is 2. The van der Waals surface area contributed by atoms with Crippen LogP contribution in [0.15, 0.2) is 18.2 Å². The van der Waals surface area contributed by atoms with Gasteiger partial charge in [0.15, 0.2) is 0 Å². The second kappa shape index (κ2) is 3.17. The quantitative estimate of drug-likeness (QED) is 0.782. The first-order chi connectivity index (χ1) is 7.02. The predicted octanol–water partition coefficient (Wildman–Crippen LogP) is 2.24. The van der Waals surface area contributed by atoms with Gasteiger partial charge in [-0.3, -0.25) is 0 Å². The Morgan fingerprint density at radius 1 is 1.47 bits per heavy atom. The largest absolute Gasteiger partial charge is 0.508 e. The zero-order valence-corrected chi connectivity index (χ0v) is 8.62. The van der Waals surface area contributed by atoms with Crippen molar-refractivity contribution in [3.05, 3.63) is 28.9 Å². The van der Waals surface area contributed by atoms with Gasteiger partial charge >= 0.3 is 5.97 Å². The first-order valence-electron chi connectivity index (χ1n) is 4.22. The van der Waals surface area contributed by atoms with Crippen LogP contribution in [0.25, 0.3) is 10.9 Å². The molecule has 0 saturated heterocycles. The maximum Gasteiger partial charge on any atom is 0.339 e. The van der Waals surface area contributed by atoms with E-state index in [1.807, 2.05) is 0 Å². The normalized spacial score (nSPS) is 10.8. The van der Waals surface area contributed by atoms with E-state index in [2.05, 4.69) is 0 Å². The summed E-state index contributed by atoms with van der Waals surface area (Å²) in [6, 6.07) is 4.51. The fraction of sp³-hybridized carbons (Fsp3) is 0.100. The van der Waals surface area contributed by atoms with Crippen LogP contribution in [0.5, 0.6) is 5.75 Å². The van der Waals surface area contributed by atoms with E-state index in [1.54, 1.807) is 17.7 Å². The number of phenolic OH excluding ortho intramolecular Hbond substituents is 1. The minimum absolute atomic E-state index is 0.0186. The number of carboxylic acid groups (broad SMARTS) is 1. The summed E-state index contributed by atoms with van der Waals surface area (Å²) in [5, 5.41) is 18.9. The highest BCUT2D eigenvalue weighted by Gasteiger charge is 2.19. The van der Waals surface area contributed by atoms with Crippen molar-refractivity contribution in [2.24, 2.45) is 7.05 Å². The van der Waals surface area contributed by atoms with Crippen LogP contribution in [0, 0.1) is 0 Å². The highest BCUT2D eigenvalue weighted by Crippen LogP contribution is 2.31. The van der Waals surface area contributed by atoms with Crippen molar-refractivity contribution in [2.45, 2.75) is 0 Å². The number of halogens is 1. The van der Waals surface area contributed by atoms with Crippen molar-refractivity contribution in [3.63, 3.8) is 0 Å². The lowest BCUT2D eigenvalue weighted by molar-refractivity contribution is 0.0699. The lowest BCUT2D eigenvalue weighted by Gasteiger charge is -1.96. The molecule has 2 aromatic rings. The number of fused-ring (bicyclic) bond motifs is 1. The number of aromatic carboxylic acids is 1. The molecule has 0 spiro atoms. The van der Waals surface area contributed by atoms with E-state index < -0.39 is 5.97 Å². The predicted molar refractivity (Wildman–Crippen MR) is 56.6 cm³/mol. The van der Waals surface area contributed by atoms with Gasteiger partial charge in [0.25, 0.3) is 0 Å². The molecular formula is C10H8ClNO3. The number of carbonyl (C=O) groups is 1. The zero-order chi connectivity index (χ0) is 11.2. The van der Waals surface area contributed by atoms with Crippen molar-refractivity contribution >= 4 is 28.5 Å². The van der Waals surface area contributed by atoms with E-state index in [1.165, 1.54) is 12.1 Å². The Labute approximate surface area is 90.3 Å². The molecule has 0 aliphatic rings. The Bertz CT molecular complexity index is 559. The number of aromatic nitrogens is 1. The van der Waals surface area contributed by atoms with Gasteiger partial charge in [-0.05, 0) is 18.2 Å². The molecule has 15 heavy (non-hydrogen) atoms. The summed E-state index contributed by atoms with van der Waals surface area (Å²) in [4.78, 5) is 11.0. The molecule has 4 nitrogen and oxygen atoms in total. The molecule has 0 amide bonds. The van der Waals surface area contributed by atoms with E-state index in [0.29, 0.717) is 10.9 Å². The maximum atomic E-state index is 11.0. The molecule has 2 rings (SSSR count). The van der Waals surface area contributed by atoms with Gasteiger partial charge in [0.1, 0.15) is 16.5 Å². The molecule has 0 radical (unpaired) electrons. The third-order valence-corrected chi connectivity index (χ3v) is 2.77. The Morgan fingerprint density at radius 3 is 2.73 bits per heavy atom. The van der Waals surface area contributed by atoms with Crippen LogP contribution in [0.1, 0.15) is 10.4 Å². The smallest absolute Gasteiger partial charge is 0.339 e. The number of nitrogens with zero attached hydrogens (tertiary/aromatic N) is 1. The number of benzene rings is 1. The van der Waals surface area contributed by atoms with E-state index in [9.17, 15) is 9.90 Å².